The lowest BCUT2D eigenvalue weighted by Crippen LogP contribution is -2.23. The Balaban J connectivity index is 2.73. The molecule has 0 unspecified atom stereocenters. The number of rotatable bonds is 1. The second-order valence-corrected chi connectivity index (χ2v) is 5.74. The molecule has 21 heavy (non-hydrogen) atoms. The van der Waals surface area contributed by atoms with Crippen LogP contribution in [0.25, 0.3) is 10.9 Å². The zero-order valence-electron chi connectivity index (χ0n) is 12.6. The number of ether oxygens (including phenoxy) is 2. The number of halogens is 2. The fraction of sp³-hybridized carbons (Fsp3) is 0.400. The third kappa shape index (κ3) is 2.70. The molecular weight excluding hydrogens is 280 g/mol. The molecule has 0 bridgehead atoms. The van der Waals surface area contributed by atoms with Gasteiger partial charge in [0, 0.05) is 17.1 Å². The highest BCUT2D eigenvalue weighted by atomic mass is 19.1. The van der Waals surface area contributed by atoms with Crippen molar-refractivity contribution in [2.24, 2.45) is 0 Å². The van der Waals surface area contributed by atoms with Crippen LogP contribution in [0.5, 0.6) is 5.75 Å². The van der Waals surface area contributed by atoms with Crippen LogP contribution in [0.2, 0.25) is 0 Å². The van der Waals surface area contributed by atoms with Crippen molar-refractivity contribution < 1.29 is 23.0 Å². The maximum absolute atomic E-state index is 14.5. The Kier molecular flexibility index (Phi) is 3.65. The molecular formula is C15H17F2NO3. The number of nitrogens with zero attached hydrogens (tertiary/aromatic N) is 1. The molecule has 0 spiro atoms. The minimum atomic E-state index is -0.773. The number of fused-ring (bicyclic) bond motifs is 1. The second kappa shape index (κ2) is 5.02. The molecule has 2 rings (SSSR count). The number of hydrogen-bond acceptors (Lipinski definition) is 3. The molecule has 0 atom stereocenters. The maximum Gasteiger partial charge on any atom is 0.418 e. The van der Waals surface area contributed by atoms with Gasteiger partial charge in [0.2, 0.25) is 0 Å². The number of aromatic nitrogens is 1. The Labute approximate surface area is 121 Å². The largest absolute Gasteiger partial charge is 0.485 e. The van der Waals surface area contributed by atoms with Crippen LogP contribution in [0.4, 0.5) is 13.6 Å². The quantitative estimate of drug-likeness (QED) is 0.798. The monoisotopic (exact) mass is 297 g/mol. The molecule has 6 heteroatoms. The van der Waals surface area contributed by atoms with Crippen LogP contribution >= 0.6 is 0 Å². The van der Waals surface area contributed by atoms with Gasteiger partial charge in [-0.05, 0) is 33.8 Å². The highest BCUT2D eigenvalue weighted by Crippen LogP contribution is 2.33. The Hall–Kier alpha value is -2.11. The summed E-state index contributed by atoms with van der Waals surface area (Å²) in [4.78, 5) is 11.7. The van der Waals surface area contributed by atoms with E-state index in [0.29, 0.717) is 5.69 Å². The van der Waals surface area contributed by atoms with Crippen LogP contribution in [0, 0.1) is 18.6 Å². The maximum atomic E-state index is 14.5. The van der Waals surface area contributed by atoms with Crippen molar-refractivity contribution in [1.82, 2.24) is 4.57 Å². The Morgan fingerprint density at radius 1 is 1.24 bits per heavy atom. The normalized spacial score (nSPS) is 11.8. The molecule has 0 radical (unpaired) electrons. The molecule has 0 N–H and O–H groups in total. The lowest BCUT2D eigenvalue weighted by molar-refractivity contribution is 0.124. The van der Waals surface area contributed by atoms with Crippen molar-refractivity contribution in [2.75, 3.05) is 7.11 Å². The van der Waals surface area contributed by atoms with Gasteiger partial charge in [0.15, 0.2) is 17.4 Å². The van der Waals surface area contributed by atoms with Gasteiger partial charge in [0.25, 0.3) is 0 Å². The van der Waals surface area contributed by atoms with Crippen LogP contribution in [0.1, 0.15) is 26.5 Å². The van der Waals surface area contributed by atoms with Gasteiger partial charge in [-0.2, -0.15) is 0 Å². The van der Waals surface area contributed by atoms with E-state index in [-0.39, 0.29) is 16.7 Å². The topological polar surface area (TPSA) is 40.5 Å². The molecule has 0 saturated carbocycles. The van der Waals surface area contributed by atoms with Crippen LogP contribution in [0.15, 0.2) is 12.1 Å². The molecule has 0 fully saturated rings. The first-order valence-electron chi connectivity index (χ1n) is 6.43. The van der Waals surface area contributed by atoms with Crippen molar-refractivity contribution in [3.63, 3.8) is 0 Å². The summed E-state index contributed by atoms with van der Waals surface area (Å²) in [5.74, 6) is -1.63. The minimum absolute atomic E-state index is 0.0165. The first kappa shape index (κ1) is 15.3. The zero-order chi connectivity index (χ0) is 15.9. The van der Waals surface area contributed by atoms with E-state index >= 15 is 0 Å². The van der Waals surface area contributed by atoms with Crippen LogP contribution in [0.3, 0.4) is 0 Å². The van der Waals surface area contributed by atoms with Gasteiger partial charge >= 0.3 is 6.09 Å². The van der Waals surface area contributed by atoms with Gasteiger partial charge in [0.05, 0.1) is 12.6 Å². The predicted octanol–water partition coefficient (Wildman–Crippen LogP) is 4.02. The highest BCUT2D eigenvalue weighted by molar-refractivity contribution is 5.92. The number of benzene rings is 1. The van der Waals surface area contributed by atoms with Crippen molar-refractivity contribution in [3.05, 3.63) is 29.5 Å². The third-order valence-corrected chi connectivity index (χ3v) is 2.89. The average Bonchev–Trinajstić information content (AvgIpc) is 2.71. The third-order valence-electron chi connectivity index (χ3n) is 2.89. The van der Waals surface area contributed by atoms with Crippen LogP contribution in [-0.4, -0.2) is 23.4 Å². The average molecular weight is 297 g/mol. The smallest absolute Gasteiger partial charge is 0.418 e. The van der Waals surface area contributed by atoms with Gasteiger partial charge in [-0.1, -0.05) is 0 Å². The first-order valence-corrected chi connectivity index (χ1v) is 6.43. The lowest BCUT2D eigenvalue weighted by Gasteiger charge is -2.22. The molecule has 2 aromatic rings. The van der Waals surface area contributed by atoms with Gasteiger partial charge in [-0.25, -0.2) is 18.1 Å². The van der Waals surface area contributed by atoms with Gasteiger partial charge in [-0.15, -0.1) is 0 Å². The minimum Gasteiger partial charge on any atom is -0.485 e. The summed E-state index contributed by atoms with van der Waals surface area (Å²) in [6, 6.07) is 2.34. The Morgan fingerprint density at radius 3 is 2.38 bits per heavy atom. The second-order valence-electron chi connectivity index (χ2n) is 5.74. The summed E-state index contributed by atoms with van der Waals surface area (Å²) >= 11 is 0. The molecule has 1 heterocycles. The predicted molar refractivity (Wildman–Crippen MR) is 74.8 cm³/mol. The van der Waals surface area contributed by atoms with Crippen molar-refractivity contribution >= 4 is 17.0 Å². The number of hydrogen-bond donors (Lipinski definition) is 0. The molecule has 114 valence electrons. The molecule has 0 aliphatic rings. The molecule has 0 saturated heterocycles. The lowest BCUT2D eigenvalue weighted by atomic mass is 10.1. The summed E-state index contributed by atoms with van der Waals surface area (Å²) < 4.78 is 39.8. The van der Waals surface area contributed by atoms with E-state index in [2.05, 4.69) is 4.74 Å². The molecule has 0 aliphatic carbocycles. The molecule has 0 amide bonds. The number of carbonyl (C=O) groups excluding carboxylic acids is 1. The number of methoxy groups -OCH3 is 1. The number of aryl methyl sites for hydroxylation is 1. The molecule has 1 aromatic carbocycles. The number of carbonyl (C=O) groups is 1. The van der Waals surface area contributed by atoms with Gasteiger partial charge in [0.1, 0.15) is 5.60 Å². The molecule has 0 aliphatic heterocycles. The Bertz CT molecular complexity index is 714. The summed E-state index contributed by atoms with van der Waals surface area (Å²) in [6.45, 7) is 6.78. The van der Waals surface area contributed by atoms with E-state index in [4.69, 9.17) is 4.74 Å². The SMILES string of the molecule is COC(=O)n1c(C)cc2c(F)c(OC(C)(C)C)cc(F)c21. The summed E-state index contributed by atoms with van der Waals surface area (Å²) in [6.07, 6.45) is -0.773. The van der Waals surface area contributed by atoms with E-state index in [0.717, 1.165) is 10.6 Å². The van der Waals surface area contributed by atoms with Gasteiger partial charge in [-0.3, -0.25) is 0 Å². The summed E-state index contributed by atoms with van der Waals surface area (Å²) in [5.41, 5.74) is -0.443. The van der Waals surface area contributed by atoms with Crippen molar-refractivity contribution in [3.8, 4) is 5.75 Å². The van der Waals surface area contributed by atoms with E-state index in [1.165, 1.54) is 13.2 Å². The molecule has 4 nitrogen and oxygen atoms in total. The van der Waals surface area contributed by atoms with Crippen LogP contribution < -0.4 is 4.74 Å². The van der Waals surface area contributed by atoms with Gasteiger partial charge < -0.3 is 9.47 Å². The fourth-order valence-electron chi connectivity index (χ4n) is 2.15. The van der Waals surface area contributed by atoms with E-state index in [1.54, 1.807) is 27.7 Å². The molecule has 1 aromatic heterocycles. The summed E-state index contributed by atoms with van der Waals surface area (Å²) in [7, 11) is 1.18. The highest BCUT2D eigenvalue weighted by Gasteiger charge is 2.24. The van der Waals surface area contributed by atoms with E-state index in [1.807, 2.05) is 0 Å². The van der Waals surface area contributed by atoms with Crippen molar-refractivity contribution in [2.45, 2.75) is 33.3 Å². The standard InChI is InChI=1S/C15H17F2NO3/c1-8-6-9-12(17)11(21-15(2,3)4)7-10(16)13(9)18(8)14(19)20-5/h6-7H,1-5H3. The zero-order valence-corrected chi connectivity index (χ0v) is 12.6. The first-order chi connectivity index (χ1) is 9.65. The Morgan fingerprint density at radius 2 is 1.86 bits per heavy atom. The van der Waals surface area contributed by atoms with E-state index in [9.17, 15) is 13.6 Å². The fourth-order valence-corrected chi connectivity index (χ4v) is 2.15. The summed E-state index contributed by atoms with van der Waals surface area (Å²) in [5, 5.41) is -0.0165. The van der Waals surface area contributed by atoms with Crippen LogP contribution in [-0.2, 0) is 4.74 Å². The van der Waals surface area contributed by atoms with Crippen molar-refractivity contribution in [1.29, 1.82) is 0 Å². The van der Waals surface area contributed by atoms with E-state index < -0.39 is 23.3 Å².